The minimum Gasteiger partial charge on any atom is -0.493 e. The lowest BCUT2D eigenvalue weighted by molar-refractivity contribution is -0.132. The van der Waals surface area contributed by atoms with Crippen LogP contribution in [-0.4, -0.2) is 23.9 Å². The number of halogens is 3. The molecule has 19 heavy (non-hydrogen) atoms. The zero-order chi connectivity index (χ0) is 14.3. The molecule has 0 atom stereocenters. The standard InChI is InChI=1S/C13H13F3O3/c14-13(15,16)9-10(8-12(17)18)6-7-19-11-4-2-1-3-5-11/h1-5,8H,6-7,9H2,(H,17,18)/b10-8-. The zero-order valence-electron chi connectivity index (χ0n) is 9.98. The van der Waals surface area contributed by atoms with Crippen LogP contribution >= 0.6 is 0 Å². The van der Waals surface area contributed by atoms with Crippen molar-refractivity contribution in [2.45, 2.75) is 19.0 Å². The molecule has 3 nitrogen and oxygen atoms in total. The van der Waals surface area contributed by atoms with Crippen molar-refractivity contribution in [2.75, 3.05) is 6.61 Å². The van der Waals surface area contributed by atoms with Crippen LogP contribution in [-0.2, 0) is 4.79 Å². The average molecular weight is 274 g/mol. The van der Waals surface area contributed by atoms with Crippen molar-refractivity contribution >= 4 is 5.97 Å². The van der Waals surface area contributed by atoms with Gasteiger partial charge in [-0.1, -0.05) is 23.8 Å². The Balaban J connectivity index is 2.52. The molecule has 0 aromatic heterocycles. The predicted molar refractivity (Wildman–Crippen MR) is 62.9 cm³/mol. The van der Waals surface area contributed by atoms with E-state index in [4.69, 9.17) is 9.84 Å². The summed E-state index contributed by atoms with van der Waals surface area (Å²) in [5, 5.41) is 8.51. The van der Waals surface area contributed by atoms with Crippen LogP contribution in [0, 0.1) is 0 Å². The summed E-state index contributed by atoms with van der Waals surface area (Å²) in [7, 11) is 0. The summed E-state index contributed by atoms with van der Waals surface area (Å²) in [5.74, 6) is -0.858. The lowest BCUT2D eigenvalue weighted by Gasteiger charge is -2.11. The Morgan fingerprint density at radius 3 is 2.42 bits per heavy atom. The Labute approximate surface area is 108 Å². The van der Waals surface area contributed by atoms with Gasteiger partial charge >= 0.3 is 12.1 Å². The third-order valence-corrected chi connectivity index (χ3v) is 2.19. The van der Waals surface area contributed by atoms with E-state index in [0.29, 0.717) is 11.8 Å². The molecule has 1 aromatic rings. The van der Waals surface area contributed by atoms with Gasteiger partial charge in [-0.05, 0) is 12.1 Å². The summed E-state index contributed by atoms with van der Waals surface area (Å²) in [6, 6.07) is 8.60. The maximum absolute atomic E-state index is 12.2. The second-order valence-corrected chi connectivity index (χ2v) is 3.84. The fourth-order valence-corrected chi connectivity index (χ4v) is 1.46. The first-order chi connectivity index (χ1) is 8.87. The number of para-hydroxylation sites is 1. The minimum absolute atomic E-state index is 0.000787. The third-order valence-electron chi connectivity index (χ3n) is 2.19. The third kappa shape index (κ3) is 7.13. The van der Waals surface area contributed by atoms with E-state index < -0.39 is 18.6 Å². The van der Waals surface area contributed by atoms with Crippen LogP contribution in [0.25, 0.3) is 0 Å². The molecular formula is C13H13F3O3. The monoisotopic (exact) mass is 274 g/mol. The second-order valence-electron chi connectivity index (χ2n) is 3.84. The highest BCUT2D eigenvalue weighted by Gasteiger charge is 2.29. The number of carboxylic acid groups (broad SMARTS) is 1. The molecule has 0 saturated carbocycles. The molecule has 0 heterocycles. The fourth-order valence-electron chi connectivity index (χ4n) is 1.46. The molecule has 6 heteroatoms. The molecule has 0 saturated heterocycles. The Bertz CT molecular complexity index is 438. The van der Waals surface area contributed by atoms with Gasteiger partial charge < -0.3 is 9.84 Å². The average Bonchev–Trinajstić information content (AvgIpc) is 2.27. The SMILES string of the molecule is O=C(O)/C=C(/CCOc1ccccc1)CC(F)(F)F. The fraction of sp³-hybridized carbons (Fsp3) is 0.308. The van der Waals surface area contributed by atoms with Gasteiger partial charge in [-0.2, -0.15) is 13.2 Å². The summed E-state index contributed by atoms with van der Waals surface area (Å²) in [6.07, 6.45) is -5.16. The molecule has 0 radical (unpaired) electrons. The van der Waals surface area contributed by atoms with Crippen molar-refractivity contribution in [3.8, 4) is 5.75 Å². The van der Waals surface area contributed by atoms with Gasteiger partial charge in [0.05, 0.1) is 13.0 Å². The molecule has 104 valence electrons. The highest BCUT2D eigenvalue weighted by Crippen LogP contribution is 2.26. The van der Waals surface area contributed by atoms with E-state index in [1.54, 1.807) is 30.3 Å². The van der Waals surface area contributed by atoms with E-state index in [-0.39, 0.29) is 18.6 Å². The quantitative estimate of drug-likeness (QED) is 0.808. The number of alkyl halides is 3. The Morgan fingerprint density at radius 1 is 1.26 bits per heavy atom. The molecule has 1 aromatic carbocycles. The molecule has 1 rings (SSSR count). The number of aliphatic carboxylic acids is 1. The van der Waals surface area contributed by atoms with Gasteiger partial charge in [0.15, 0.2) is 0 Å². The zero-order valence-corrected chi connectivity index (χ0v) is 9.98. The van der Waals surface area contributed by atoms with E-state index in [9.17, 15) is 18.0 Å². The van der Waals surface area contributed by atoms with Crippen molar-refractivity contribution in [3.05, 3.63) is 42.0 Å². The van der Waals surface area contributed by atoms with Gasteiger partial charge in [0.2, 0.25) is 0 Å². The van der Waals surface area contributed by atoms with Gasteiger partial charge in [0, 0.05) is 12.5 Å². The van der Waals surface area contributed by atoms with E-state index in [1.165, 1.54) is 0 Å². The normalized spacial score (nSPS) is 12.3. The van der Waals surface area contributed by atoms with Crippen LogP contribution < -0.4 is 4.74 Å². The van der Waals surface area contributed by atoms with Crippen LogP contribution in [0.4, 0.5) is 13.2 Å². The number of benzene rings is 1. The van der Waals surface area contributed by atoms with E-state index in [1.807, 2.05) is 0 Å². The topological polar surface area (TPSA) is 46.5 Å². The minimum atomic E-state index is -4.42. The molecule has 0 aliphatic heterocycles. The first kappa shape index (κ1) is 15.1. The maximum atomic E-state index is 12.2. The molecule has 1 N–H and O–H groups in total. The number of carboxylic acids is 1. The van der Waals surface area contributed by atoms with Crippen molar-refractivity contribution in [1.82, 2.24) is 0 Å². The van der Waals surface area contributed by atoms with Gasteiger partial charge in [0.1, 0.15) is 5.75 Å². The predicted octanol–water partition coefficient (Wildman–Crippen LogP) is 3.42. The first-order valence-corrected chi connectivity index (χ1v) is 5.54. The number of hydrogen-bond acceptors (Lipinski definition) is 2. The Kier molecular flexibility index (Phi) is 5.41. The number of rotatable bonds is 6. The molecule has 0 fully saturated rings. The molecule has 0 aliphatic carbocycles. The highest BCUT2D eigenvalue weighted by molar-refractivity contribution is 5.80. The number of ether oxygens (including phenoxy) is 1. The number of carbonyl (C=O) groups is 1. The van der Waals surface area contributed by atoms with Crippen molar-refractivity contribution in [3.63, 3.8) is 0 Å². The van der Waals surface area contributed by atoms with Crippen LogP contribution in [0.1, 0.15) is 12.8 Å². The second kappa shape index (κ2) is 6.82. The molecule has 0 unspecified atom stereocenters. The number of hydrogen-bond donors (Lipinski definition) is 1. The van der Waals surface area contributed by atoms with Gasteiger partial charge in [-0.25, -0.2) is 4.79 Å². The van der Waals surface area contributed by atoms with Crippen LogP contribution in [0.5, 0.6) is 5.75 Å². The largest absolute Gasteiger partial charge is 0.493 e. The summed E-state index contributed by atoms with van der Waals surface area (Å²) >= 11 is 0. The lowest BCUT2D eigenvalue weighted by atomic mass is 10.1. The van der Waals surface area contributed by atoms with Crippen molar-refractivity contribution in [1.29, 1.82) is 0 Å². The maximum Gasteiger partial charge on any atom is 0.392 e. The van der Waals surface area contributed by atoms with Crippen molar-refractivity contribution < 1.29 is 27.8 Å². The van der Waals surface area contributed by atoms with E-state index >= 15 is 0 Å². The lowest BCUT2D eigenvalue weighted by Crippen LogP contribution is -2.11. The molecular weight excluding hydrogens is 261 g/mol. The highest BCUT2D eigenvalue weighted by atomic mass is 19.4. The molecule has 0 bridgehead atoms. The molecule has 0 amide bonds. The van der Waals surface area contributed by atoms with Crippen LogP contribution in [0.15, 0.2) is 42.0 Å². The summed E-state index contributed by atoms with van der Waals surface area (Å²) in [6.45, 7) is -0.000787. The van der Waals surface area contributed by atoms with Crippen molar-refractivity contribution in [2.24, 2.45) is 0 Å². The van der Waals surface area contributed by atoms with Gasteiger partial charge in [-0.15, -0.1) is 0 Å². The van der Waals surface area contributed by atoms with E-state index in [2.05, 4.69) is 0 Å². The molecule has 0 aliphatic rings. The van der Waals surface area contributed by atoms with Gasteiger partial charge in [0.25, 0.3) is 0 Å². The van der Waals surface area contributed by atoms with Gasteiger partial charge in [-0.3, -0.25) is 0 Å². The van der Waals surface area contributed by atoms with Crippen LogP contribution in [0.2, 0.25) is 0 Å². The smallest absolute Gasteiger partial charge is 0.392 e. The first-order valence-electron chi connectivity index (χ1n) is 5.54. The van der Waals surface area contributed by atoms with E-state index in [0.717, 1.165) is 0 Å². The summed E-state index contributed by atoms with van der Waals surface area (Å²) in [4.78, 5) is 10.4. The molecule has 0 spiro atoms. The Hall–Kier alpha value is -1.98. The Morgan fingerprint density at radius 2 is 1.89 bits per heavy atom. The van der Waals surface area contributed by atoms with Crippen LogP contribution in [0.3, 0.4) is 0 Å². The summed E-state index contributed by atoms with van der Waals surface area (Å²) < 4.78 is 41.9. The summed E-state index contributed by atoms with van der Waals surface area (Å²) in [5.41, 5.74) is -0.212.